The molecule has 0 fully saturated rings. The van der Waals surface area contributed by atoms with Gasteiger partial charge in [0, 0.05) is 33.6 Å². The first-order valence-electron chi connectivity index (χ1n) is 10.4. The van der Waals surface area contributed by atoms with Gasteiger partial charge in [-0.15, -0.1) is 0 Å². The van der Waals surface area contributed by atoms with Gasteiger partial charge in [-0.3, -0.25) is 0 Å². The number of fused-ring (bicyclic) bond motifs is 1. The van der Waals surface area contributed by atoms with Crippen LogP contribution < -0.4 is 0 Å². The molecule has 0 bridgehead atoms. The minimum absolute atomic E-state index is 0.117. The fraction of sp³-hybridized carbons (Fsp3) is 0.192. The van der Waals surface area contributed by atoms with Crippen LogP contribution in [0.25, 0.3) is 22.0 Å². The van der Waals surface area contributed by atoms with Crippen LogP contribution in [-0.2, 0) is 5.60 Å². The highest BCUT2D eigenvalue weighted by atomic mass is 79.9. The number of rotatable bonds is 6. The Hall–Kier alpha value is -2.38. The van der Waals surface area contributed by atoms with Crippen LogP contribution in [-0.4, -0.2) is 35.6 Å². The zero-order valence-corrected chi connectivity index (χ0v) is 20.5. The summed E-state index contributed by atoms with van der Waals surface area (Å²) < 4.78 is 29.0. The molecule has 4 aromatic rings. The minimum Gasteiger partial charge on any atom is -0.380 e. The maximum absolute atomic E-state index is 14.2. The van der Waals surface area contributed by atoms with Crippen LogP contribution in [0.15, 0.2) is 71.2 Å². The third-order valence-electron chi connectivity index (χ3n) is 5.63. The van der Waals surface area contributed by atoms with E-state index in [1.165, 1.54) is 0 Å². The maximum Gasteiger partial charge on any atom is 0.137 e. The molecule has 170 valence electrons. The predicted octanol–water partition coefficient (Wildman–Crippen LogP) is 6.78. The lowest BCUT2D eigenvalue weighted by atomic mass is 9.82. The molecule has 1 unspecified atom stereocenters. The summed E-state index contributed by atoms with van der Waals surface area (Å²) in [4.78, 5) is 6.54. The van der Waals surface area contributed by atoms with Gasteiger partial charge in [-0.05, 0) is 62.0 Å². The number of halogens is 4. The van der Waals surface area contributed by atoms with Gasteiger partial charge in [0.25, 0.3) is 0 Å². The zero-order valence-electron chi connectivity index (χ0n) is 18.1. The van der Waals surface area contributed by atoms with Gasteiger partial charge in [-0.2, -0.15) is 0 Å². The van der Waals surface area contributed by atoms with Crippen LogP contribution in [0.3, 0.4) is 0 Å². The van der Waals surface area contributed by atoms with Crippen molar-refractivity contribution < 1.29 is 13.9 Å². The van der Waals surface area contributed by atoms with E-state index < -0.39 is 17.2 Å². The largest absolute Gasteiger partial charge is 0.380 e. The second kappa shape index (κ2) is 9.47. The SMILES string of the molecule is CN(C)CCC(O)(c1cc(F)cc(F)c1)c1cc(Br)cc2cc(-c3ccccc3)c(Cl)nc12. The molecule has 1 heterocycles. The molecule has 1 N–H and O–H groups in total. The quantitative estimate of drug-likeness (QED) is 0.279. The van der Waals surface area contributed by atoms with Gasteiger partial charge in [0.1, 0.15) is 22.4 Å². The number of pyridine rings is 1. The molecule has 1 aromatic heterocycles. The molecule has 0 aliphatic heterocycles. The molecule has 0 radical (unpaired) electrons. The van der Waals surface area contributed by atoms with Gasteiger partial charge in [-0.1, -0.05) is 57.9 Å². The highest BCUT2D eigenvalue weighted by Gasteiger charge is 2.35. The minimum atomic E-state index is -1.71. The average Bonchev–Trinajstić information content (AvgIpc) is 2.77. The van der Waals surface area contributed by atoms with Crippen molar-refractivity contribution in [2.24, 2.45) is 0 Å². The Bertz CT molecular complexity index is 1300. The average molecular weight is 532 g/mol. The van der Waals surface area contributed by atoms with E-state index >= 15 is 0 Å². The monoisotopic (exact) mass is 530 g/mol. The van der Waals surface area contributed by atoms with Crippen molar-refractivity contribution in [1.82, 2.24) is 9.88 Å². The number of hydrogen-bond acceptors (Lipinski definition) is 3. The van der Waals surface area contributed by atoms with Crippen LogP contribution in [0.5, 0.6) is 0 Å². The summed E-state index contributed by atoms with van der Waals surface area (Å²) in [5.74, 6) is -1.52. The molecule has 0 aliphatic carbocycles. The number of nitrogens with zero attached hydrogens (tertiary/aromatic N) is 2. The topological polar surface area (TPSA) is 36.4 Å². The lowest BCUT2D eigenvalue weighted by Gasteiger charge is -2.32. The molecule has 0 amide bonds. The molecule has 4 rings (SSSR count). The van der Waals surface area contributed by atoms with Crippen molar-refractivity contribution >= 4 is 38.4 Å². The molecule has 0 saturated heterocycles. The van der Waals surface area contributed by atoms with E-state index in [0.29, 0.717) is 22.1 Å². The third kappa shape index (κ3) is 4.94. The normalized spacial score (nSPS) is 13.5. The summed E-state index contributed by atoms with van der Waals surface area (Å²) >= 11 is 10.1. The lowest BCUT2D eigenvalue weighted by Crippen LogP contribution is -2.32. The highest BCUT2D eigenvalue weighted by molar-refractivity contribution is 9.10. The molecule has 3 nitrogen and oxygen atoms in total. The van der Waals surface area contributed by atoms with E-state index in [9.17, 15) is 13.9 Å². The number of hydrogen-bond donors (Lipinski definition) is 1. The van der Waals surface area contributed by atoms with Gasteiger partial charge in [0.2, 0.25) is 0 Å². The number of aromatic nitrogens is 1. The first-order valence-corrected chi connectivity index (χ1v) is 11.5. The van der Waals surface area contributed by atoms with Crippen molar-refractivity contribution in [1.29, 1.82) is 0 Å². The molecule has 0 spiro atoms. The van der Waals surface area contributed by atoms with E-state index in [4.69, 9.17) is 11.6 Å². The van der Waals surface area contributed by atoms with Crippen LogP contribution in [0.4, 0.5) is 8.78 Å². The first kappa shape index (κ1) is 23.8. The van der Waals surface area contributed by atoms with E-state index in [2.05, 4.69) is 20.9 Å². The molecule has 33 heavy (non-hydrogen) atoms. The van der Waals surface area contributed by atoms with Crippen LogP contribution in [0.1, 0.15) is 17.5 Å². The molecular formula is C26H22BrClF2N2O. The lowest BCUT2D eigenvalue weighted by molar-refractivity contribution is 0.0635. The first-order chi connectivity index (χ1) is 15.7. The van der Waals surface area contributed by atoms with E-state index in [1.807, 2.05) is 61.5 Å². The fourth-order valence-corrected chi connectivity index (χ4v) is 4.70. The second-order valence-corrected chi connectivity index (χ2v) is 9.56. The Morgan fingerprint density at radius 1 is 1.00 bits per heavy atom. The third-order valence-corrected chi connectivity index (χ3v) is 6.37. The number of aliphatic hydroxyl groups is 1. The maximum atomic E-state index is 14.2. The van der Waals surface area contributed by atoms with E-state index in [-0.39, 0.29) is 17.1 Å². The Balaban J connectivity index is 1.98. The molecule has 0 saturated carbocycles. The second-order valence-electron chi connectivity index (χ2n) is 8.29. The molecule has 0 aliphatic rings. The zero-order chi connectivity index (χ0) is 23.8. The Kier molecular flexibility index (Phi) is 6.82. The van der Waals surface area contributed by atoms with Crippen molar-refractivity contribution in [2.75, 3.05) is 20.6 Å². The van der Waals surface area contributed by atoms with Gasteiger partial charge < -0.3 is 10.0 Å². The van der Waals surface area contributed by atoms with Crippen molar-refractivity contribution in [2.45, 2.75) is 12.0 Å². The highest BCUT2D eigenvalue weighted by Crippen LogP contribution is 2.41. The summed E-state index contributed by atoms with van der Waals surface area (Å²) in [6.07, 6.45) is 0.189. The Morgan fingerprint density at radius 2 is 1.67 bits per heavy atom. The van der Waals surface area contributed by atoms with Crippen LogP contribution in [0, 0.1) is 11.6 Å². The molecular weight excluding hydrogens is 510 g/mol. The Morgan fingerprint density at radius 3 is 2.30 bits per heavy atom. The van der Waals surface area contributed by atoms with Crippen molar-refractivity contribution in [3.8, 4) is 11.1 Å². The molecule has 3 aromatic carbocycles. The summed E-state index contributed by atoms with van der Waals surface area (Å²) in [5.41, 5.74) is 0.955. The van der Waals surface area contributed by atoms with Crippen molar-refractivity contribution in [3.05, 3.63) is 99.1 Å². The molecule has 1 atom stereocenters. The van der Waals surface area contributed by atoms with Crippen LogP contribution >= 0.6 is 27.5 Å². The summed E-state index contributed by atoms with van der Waals surface area (Å²) in [7, 11) is 3.74. The summed E-state index contributed by atoms with van der Waals surface area (Å²) in [5, 5.41) is 13.0. The summed E-state index contributed by atoms with van der Waals surface area (Å²) in [6.45, 7) is 0.471. The van der Waals surface area contributed by atoms with E-state index in [1.54, 1.807) is 6.07 Å². The number of benzene rings is 3. The van der Waals surface area contributed by atoms with Gasteiger partial charge >= 0.3 is 0 Å². The summed E-state index contributed by atoms with van der Waals surface area (Å²) in [6, 6.07) is 18.3. The Labute approximate surface area is 204 Å². The van der Waals surface area contributed by atoms with Crippen LogP contribution in [0.2, 0.25) is 5.15 Å². The van der Waals surface area contributed by atoms with Gasteiger partial charge in [-0.25, -0.2) is 13.8 Å². The fourth-order valence-electron chi connectivity index (χ4n) is 3.98. The van der Waals surface area contributed by atoms with E-state index in [0.717, 1.165) is 34.7 Å². The van der Waals surface area contributed by atoms with Gasteiger partial charge in [0.15, 0.2) is 0 Å². The van der Waals surface area contributed by atoms with Crippen molar-refractivity contribution in [3.63, 3.8) is 0 Å². The predicted molar refractivity (Wildman–Crippen MR) is 132 cm³/mol. The smallest absolute Gasteiger partial charge is 0.137 e. The van der Waals surface area contributed by atoms with Gasteiger partial charge in [0.05, 0.1) is 5.52 Å². The molecule has 7 heteroatoms. The standard InChI is InChI=1S/C26H22BrClF2N2O/c1-32(2)9-8-26(33,18-12-20(29)15-21(30)13-18)23-14-19(27)10-17-11-22(25(28)31-24(17)23)16-6-4-3-5-7-16/h3-7,10-15,33H,8-9H2,1-2H3.